The molecule has 0 amide bonds. The normalized spacial score (nSPS) is 17.9. The van der Waals surface area contributed by atoms with E-state index < -0.39 is 0 Å². The second kappa shape index (κ2) is 8.34. The van der Waals surface area contributed by atoms with Crippen molar-refractivity contribution in [2.75, 3.05) is 35.5 Å². The number of Topliss-reactive ketones (excluding diaryl/α,β-unsaturated/α-hetero) is 1. The number of aromatic hydroxyl groups is 1. The Morgan fingerprint density at radius 2 is 1.37 bits per heavy atom. The highest BCUT2D eigenvalue weighted by Crippen LogP contribution is 2.55. The summed E-state index contributed by atoms with van der Waals surface area (Å²) in [4.78, 5) is 13.4. The molecular formula is C23H28O7. The quantitative estimate of drug-likeness (QED) is 0.785. The summed E-state index contributed by atoms with van der Waals surface area (Å²) in [6, 6.07) is 3.49. The SMILES string of the molecule is COc1cc2c(c(O)c1OC)-c1c(cc(OC)c(OC)c1OC)C(=O)[C@H](C)[C@H](C)C2. The van der Waals surface area contributed by atoms with E-state index in [1.165, 1.54) is 35.5 Å². The van der Waals surface area contributed by atoms with Crippen LogP contribution in [0.3, 0.4) is 0 Å². The van der Waals surface area contributed by atoms with Gasteiger partial charge in [-0.25, -0.2) is 0 Å². The standard InChI is InChI=1S/C23H28O7/c1-11-8-13-9-15(26-3)21(28-5)20(25)17(13)18-14(19(24)12(11)2)10-16(27-4)22(29-6)23(18)30-7/h9-12,25H,8H2,1-7H3/t11-,12-/m1/s1. The molecule has 2 aromatic carbocycles. The molecule has 0 radical (unpaired) electrons. The maximum atomic E-state index is 13.4. The number of phenolic OH excluding ortho intramolecular Hbond substituents is 1. The van der Waals surface area contributed by atoms with E-state index in [1.54, 1.807) is 6.07 Å². The van der Waals surface area contributed by atoms with Crippen LogP contribution >= 0.6 is 0 Å². The Morgan fingerprint density at radius 3 is 1.90 bits per heavy atom. The molecule has 0 saturated carbocycles. The van der Waals surface area contributed by atoms with Gasteiger partial charge in [0.2, 0.25) is 11.5 Å². The number of methoxy groups -OCH3 is 5. The van der Waals surface area contributed by atoms with Crippen molar-refractivity contribution in [3.8, 4) is 45.6 Å². The molecule has 0 aromatic heterocycles. The molecule has 0 unspecified atom stereocenters. The average Bonchev–Trinajstić information content (AvgIpc) is 2.75. The van der Waals surface area contributed by atoms with Crippen LogP contribution in [-0.4, -0.2) is 46.4 Å². The summed E-state index contributed by atoms with van der Waals surface area (Å²) in [7, 11) is 7.46. The molecule has 1 N–H and O–H groups in total. The zero-order chi connectivity index (χ0) is 22.2. The molecule has 0 fully saturated rings. The van der Waals surface area contributed by atoms with Crippen molar-refractivity contribution in [3.63, 3.8) is 0 Å². The number of ketones is 1. The fraction of sp³-hybridized carbons (Fsp3) is 0.435. The monoisotopic (exact) mass is 416 g/mol. The molecule has 0 spiro atoms. The van der Waals surface area contributed by atoms with Crippen LogP contribution < -0.4 is 23.7 Å². The molecule has 7 nitrogen and oxygen atoms in total. The van der Waals surface area contributed by atoms with Crippen molar-refractivity contribution in [2.24, 2.45) is 11.8 Å². The summed E-state index contributed by atoms with van der Waals surface area (Å²) in [5, 5.41) is 11.2. The van der Waals surface area contributed by atoms with E-state index in [2.05, 4.69) is 0 Å². The van der Waals surface area contributed by atoms with E-state index in [9.17, 15) is 9.90 Å². The minimum atomic E-state index is -0.255. The van der Waals surface area contributed by atoms with E-state index in [-0.39, 0.29) is 29.1 Å². The first-order valence-corrected chi connectivity index (χ1v) is 9.68. The zero-order valence-electron chi connectivity index (χ0n) is 18.4. The topological polar surface area (TPSA) is 83.5 Å². The van der Waals surface area contributed by atoms with E-state index in [0.29, 0.717) is 46.1 Å². The lowest BCUT2D eigenvalue weighted by molar-refractivity contribution is 0.0892. The highest BCUT2D eigenvalue weighted by atomic mass is 16.5. The van der Waals surface area contributed by atoms with Crippen LogP contribution in [0.1, 0.15) is 29.8 Å². The number of phenols is 1. The fourth-order valence-electron chi connectivity index (χ4n) is 4.09. The van der Waals surface area contributed by atoms with E-state index in [4.69, 9.17) is 23.7 Å². The van der Waals surface area contributed by atoms with Crippen LogP contribution in [0, 0.1) is 11.8 Å². The van der Waals surface area contributed by atoms with Gasteiger partial charge in [0.15, 0.2) is 28.8 Å². The maximum Gasteiger partial charge on any atom is 0.203 e. The van der Waals surface area contributed by atoms with Gasteiger partial charge in [0.05, 0.1) is 35.5 Å². The lowest BCUT2D eigenvalue weighted by atomic mass is 9.77. The van der Waals surface area contributed by atoms with Gasteiger partial charge in [-0.3, -0.25) is 4.79 Å². The fourth-order valence-corrected chi connectivity index (χ4v) is 4.09. The summed E-state index contributed by atoms with van der Waals surface area (Å²) >= 11 is 0. The summed E-state index contributed by atoms with van der Waals surface area (Å²) in [5.74, 6) is 1.23. The Labute approximate surface area is 176 Å². The largest absolute Gasteiger partial charge is 0.504 e. The van der Waals surface area contributed by atoms with Crippen LogP contribution in [0.5, 0.6) is 34.5 Å². The number of rotatable bonds is 5. The number of carbonyl (C=O) groups is 1. The van der Waals surface area contributed by atoms with E-state index >= 15 is 0 Å². The van der Waals surface area contributed by atoms with Gasteiger partial charge in [-0.2, -0.15) is 0 Å². The van der Waals surface area contributed by atoms with Crippen LogP contribution in [0.15, 0.2) is 12.1 Å². The van der Waals surface area contributed by atoms with Crippen molar-refractivity contribution >= 4 is 5.78 Å². The van der Waals surface area contributed by atoms with E-state index in [0.717, 1.165) is 5.56 Å². The molecule has 1 aliphatic carbocycles. The van der Waals surface area contributed by atoms with Gasteiger partial charge in [-0.15, -0.1) is 0 Å². The number of hydrogen-bond donors (Lipinski definition) is 1. The Morgan fingerprint density at radius 1 is 0.800 bits per heavy atom. The number of ether oxygens (including phenoxy) is 5. The van der Waals surface area contributed by atoms with Crippen molar-refractivity contribution in [2.45, 2.75) is 20.3 Å². The number of benzene rings is 2. The minimum Gasteiger partial charge on any atom is -0.504 e. The molecule has 30 heavy (non-hydrogen) atoms. The van der Waals surface area contributed by atoms with Gasteiger partial charge in [0.1, 0.15) is 0 Å². The Kier molecular flexibility index (Phi) is 6.01. The van der Waals surface area contributed by atoms with Crippen LogP contribution in [0.25, 0.3) is 11.1 Å². The smallest absolute Gasteiger partial charge is 0.203 e. The molecule has 0 saturated heterocycles. The molecular weight excluding hydrogens is 388 g/mol. The Balaban J connectivity index is 2.54. The molecule has 0 bridgehead atoms. The first-order valence-electron chi connectivity index (χ1n) is 9.68. The predicted molar refractivity (Wildman–Crippen MR) is 113 cm³/mol. The molecule has 2 aromatic rings. The summed E-state index contributed by atoms with van der Waals surface area (Å²) in [6.07, 6.45) is 0.563. The average molecular weight is 416 g/mol. The molecule has 0 aliphatic heterocycles. The lowest BCUT2D eigenvalue weighted by Gasteiger charge is -2.29. The van der Waals surface area contributed by atoms with Gasteiger partial charge in [-0.05, 0) is 30.0 Å². The molecule has 2 atom stereocenters. The minimum absolute atomic E-state index is 0.0287. The van der Waals surface area contributed by atoms with Gasteiger partial charge in [-0.1, -0.05) is 13.8 Å². The van der Waals surface area contributed by atoms with Gasteiger partial charge in [0.25, 0.3) is 0 Å². The summed E-state index contributed by atoms with van der Waals surface area (Å²) in [5.41, 5.74) is 2.14. The van der Waals surface area contributed by atoms with Crippen LogP contribution in [0.4, 0.5) is 0 Å². The third-order valence-corrected chi connectivity index (χ3v) is 5.88. The second-order valence-corrected chi connectivity index (χ2v) is 7.40. The molecule has 0 heterocycles. The maximum absolute atomic E-state index is 13.4. The molecule has 1 aliphatic rings. The Bertz CT molecular complexity index is 980. The van der Waals surface area contributed by atoms with Crippen molar-refractivity contribution in [1.82, 2.24) is 0 Å². The van der Waals surface area contributed by atoms with Crippen LogP contribution in [0.2, 0.25) is 0 Å². The van der Waals surface area contributed by atoms with Crippen molar-refractivity contribution in [3.05, 3.63) is 23.3 Å². The van der Waals surface area contributed by atoms with Gasteiger partial charge < -0.3 is 28.8 Å². The third-order valence-electron chi connectivity index (χ3n) is 5.88. The highest BCUT2D eigenvalue weighted by Gasteiger charge is 2.36. The summed E-state index contributed by atoms with van der Waals surface area (Å²) in [6.45, 7) is 3.93. The van der Waals surface area contributed by atoms with Gasteiger partial charge in [0, 0.05) is 22.6 Å². The lowest BCUT2D eigenvalue weighted by Crippen LogP contribution is -2.24. The molecule has 3 rings (SSSR count). The number of hydrogen-bond acceptors (Lipinski definition) is 7. The molecule has 7 heteroatoms. The third kappa shape index (κ3) is 3.18. The second-order valence-electron chi connectivity index (χ2n) is 7.40. The number of fused-ring (bicyclic) bond motifs is 3. The predicted octanol–water partition coefficient (Wildman–Crippen LogP) is 4.11. The van der Waals surface area contributed by atoms with Gasteiger partial charge >= 0.3 is 0 Å². The van der Waals surface area contributed by atoms with Crippen molar-refractivity contribution in [1.29, 1.82) is 0 Å². The van der Waals surface area contributed by atoms with Crippen LogP contribution in [-0.2, 0) is 6.42 Å². The summed E-state index contributed by atoms with van der Waals surface area (Å²) < 4.78 is 27.5. The Hall–Kier alpha value is -3.09. The highest BCUT2D eigenvalue weighted by molar-refractivity contribution is 6.08. The zero-order valence-corrected chi connectivity index (χ0v) is 18.4. The first-order chi connectivity index (χ1) is 14.3. The number of carbonyl (C=O) groups excluding carboxylic acids is 1. The first kappa shape index (κ1) is 21.6. The molecule has 162 valence electrons. The van der Waals surface area contributed by atoms with E-state index in [1.807, 2.05) is 19.9 Å². The van der Waals surface area contributed by atoms with Crippen molar-refractivity contribution < 1.29 is 33.6 Å².